The van der Waals surface area contributed by atoms with Crippen LogP contribution >= 0.6 is 15.9 Å². The summed E-state index contributed by atoms with van der Waals surface area (Å²) in [4.78, 5) is -1.58. The van der Waals surface area contributed by atoms with E-state index in [0.717, 1.165) is 10.0 Å². The smallest absolute Gasteiger partial charge is 0.207 e. The monoisotopic (exact) mass is 306 g/mol. The van der Waals surface area contributed by atoms with Gasteiger partial charge in [0, 0.05) is 4.47 Å². The third-order valence-electron chi connectivity index (χ3n) is 2.69. The Bertz CT molecular complexity index is 492. The van der Waals surface area contributed by atoms with Gasteiger partial charge in [-0.15, -0.1) is 0 Å². The maximum absolute atomic E-state index is 12.1. The van der Waals surface area contributed by atoms with Crippen molar-refractivity contribution in [3.05, 3.63) is 28.2 Å². The lowest BCUT2D eigenvalue weighted by Crippen LogP contribution is -2.34. The van der Waals surface area contributed by atoms with Crippen LogP contribution in [-0.2, 0) is 9.84 Å². The van der Waals surface area contributed by atoms with Gasteiger partial charge in [0.1, 0.15) is 0 Å². The van der Waals surface area contributed by atoms with Crippen LogP contribution in [0.1, 0.15) is 25.8 Å². The van der Waals surface area contributed by atoms with Crippen molar-refractivity contribution in [1.29, 1.82) is 0 Å². The van der Waals surface area contributed by atoms with Gasteiger partial charge in [-0.25, -0.2) is 8.42 Å². The van der Waals surface area contributed by atoms with E-state index in [1.54, 1.807) is 13.0 Å². The molecule has 0 aliphatic carbocycles. The Hall–Kier alpha value is -0.390. The number of rotatable bonds is 3. The number of sulfone groups is 1. The van der Waals surface area contributed by atoms with E-state index in [1.807, 2.05) is 6.92 Å². The Morgan fingerprint density at radius 1 is 1.44 bits per heavy atom. The van der Waals surface area contributed by atoms with Gasteiger partial charge in [0.25, 0.3) is 0 Å². The lowest BCUT2D eigenvalue weighted by Gasteiger charge is -2.21. The maximum atomic E-state index is 12.1. The average Bonchev–Trinajstić information content (AvgIpc) is 2.21. The summed E-state index contributed by atoms with van der Waals surface area (Å²) in [6.07, 6.45) is 0.154. The molecule has 0 aliphatic heterocycles. The molecule has 1 aromatic rings. The molecule has 1 atom stereocenters. The summed E-state index contributed by atoms with van der Waals surface area (Å²) < 4.78 is 24.9. The first-order chi connectivity index (χ1) is 7.22. The van der Waals surface area contributed by atoms with Crippen LogP contribution in [0.25, 0.3) is 0 Å². The molecule has 0 aromatic heterocycles. The normalized spacial score (nSPS) is 15.8. The SMILES string of the molecule is CCC(C)(O)S(=O)(=O)c1ccc(C)c(Br)c1. The topological polar surface area (TPSA) is 54.4 Å². The molecule has 0 spiro atoms. The molecule has 0 fully saturated rings. The van der Waals surface area contributed by atoms with Gasteiger partial charge >= 0.3 is 0 Å². The highest BCUT2D eigenvalue weighted by molar-refractivity contribution is 9.10. The molecule has 1 unspecified atom stereocenters. The highest BCUT2D eigenvalue weighted by Crippen LogP contribution is 2.29. The van der Waals surface area contributed by atoms with Crippen LogP contribution in [0.4, 0.5) is 0 Å². The Morgan fingerprint density at radius 2 is 2.00 bits per heavy atom. The van der Waals surface area contributed by atoms with Crippen molar-refractivity contribution in [2.75, 3.05) is 0 Å². The Morgan fingerprint density at radius 3 is 2.44 bits per heavy atom. The summed E-state index contributed by atoms with van der Waals surface area (Å²) in [5, 5.41) is 9.86. The fraction of sp³-hybridized carbons (Fsp3) is 0.455. The second-order valence-electron chi connectivity index (χ2n) is 3.94. The van der Waals surface area contributed by atoms with Crippen LogP contribution in [0.2, 0.25) is 0 Å². The van der Waals surface area contributed by atoms with Gasteiger partial charge in [0.15, 0.2) is 4.93 Å². The first-order valence-electron chi connectivity index (χ1n) is 4.95. The number of hydrogen-bond donors (Lipinski definition) is 1. The zero-order valence-electron chi connectivity index (χ0n) is 9.49. The summed E-state index contributed by atoms with van der Waals surface area (Å²) >= 11 is 3.28. The molecule has 90 valence electrons. The van der Waals surface area contributed by atoms with Crippen LogP contribution < -0.4 is 0 Å². The molecular weight excluding hydrogens is 292 g/mol. The molecule has 1 aromatic carbocycles. The van der Waals surface area contributed by atoms with Crippen molar-refractivity contribution >= 4 is 25.8 Å². The van der Waals surface area contributed by atoms with Gasteiger partial charge in [-0.2, -0.15) is 0 Å². The minimum atomic E-state index is -3.70. The number of aryl methyl sites for hydroxylation is 1. The zero-order chi connectivity index (χ0) is 12.6. The van der Waals surface area contributed by atoms with Crippen molar-refractivity contribution in [1.82, 2.24) is 0 Å². The summed E-state index contributed by atoms with van der Waals surface area (Å²) in [7, 11) is -3.70. The van der Waals surface area contributed by atoms with E-state index in [-0.39, 0.29) is 11.3 Å². The van der Waals surface area contributed by atoms with Crippen molar-refractivity contribution in [2.45, 2.75) is 37.0 Å². The largest absolute Gasteiger partial charge is 0.374 e. The first-order valence-corrected chi connectivity index (χ1v) is 7.23. The number of aliphatic hydroxyl groups is 1. The molecule has 1 N–H and O–H groups in total. The van der Waals surface area contributed by atoms with E-state index in [0.29, 0.717) is 0 Å². The molecule has 0 saturated carbocycles. The molecule has 5 heteroatoms. The number of hydrogen-bond acceptors (Lipinski definition) is 3. The van der Waals surface area contributed by atoms with Crippen LogP contribution in [-0.4, -0.2) is 18.5 Å². The van der Waals surface area contributed by atoms with Crippen molar-refractivity contribution in [3.8, 4) is 0 Å². The highest BCUT2D eigenvalue weighted by Gasteiger charge is 2.36. The van der Waals surface area contributed by atoms with Gasteiger partial charge in [-0.3, -0.25) is 0 Å². The van der Waals surface area contributed by atoms with Gasteiger partial charge in [0.05, 0.1) is 4.90 Å². The standard InChI is InChI=1S/C11H15BrO3S/c1-4-11(3,13)16(14,15)9-6-5-8(2)10(12)7-9/h5-7,13H,4H2,1-3H3. The molecule has 16 heavy (non-hydrogen) atoms. The summed E-state index contributed by atoms with van der Waals surface area (Å²) in [5.74, 6) is 0. The molecule has 1 rings (SSSR count). The van der Waals surface area contributed by atoms with Crippen molar-refractivity contribution < 1.29 is 13.5 Å². The Labute approximate surface area is 105 Å². The van der Waals surface area contributed by atoms with E-state index in [9.17, 15) is 13.5 Å². The summed E-state index contributed by atoms with van der Waals surface area (Å²) in [6, 6.07) is 4.75. The van der Waals surface area contributed by atoms with E-state index in [4.69, 9.17) is 0 Å². The Kier molecular flexibility index (Phi) is 3.82. The minimum Gasteiger partial charge on any atom is -0.374 e. The number of benzene rings is 1. The lowest BCUT2D eigenvalue weighted by molar-refractivity contribution is 0.140. The second-order valence-corrected chi connectivity index (χ2v) is 7.16. The Balaban J connectivity index is 3.34. The van der Waals surface area contributed by atoms with Gasteiger partial charge in [-0.05, 0) is 38.0 Å². The zero-order valence-corrected chi connectivity index (χ0v) is 11.9. The quantitative estimate of drug-likeness (QED) is 0.934. The predicted octanol–water partition coefficient (Wildman–Crippen LogP) is 2.65. The molecule has 0 bridgehead atoms. The van der Waals surface area contributed by atoms with Gasteiger partial charge in [0.2, 0.25) is 9.84 Å². The molecule has 3 nitrogen and oxygen atoms in total. The predicted molar refractivity (Wildman–Crippen MR) is 67.0 cm³/mol. The van der Waals surface area contributed by atoms with Crippen LogP contribution in [0, 0.1) is 6.92 Å². The highest BCUT2D eigenvalue weighted by atomic mass is 79.9. The third-order valence-corrected chi connectivity index (χ3v) is 5.86. The fourth-order valence-electron chi connectivity index (χ4n) is 1.18. The molecule has 0 radical (unpaired) electrons. The van der Waals surface area contributed by atoms with Gasteiger partial charge in [-0.1, -0.05) is 28.9 Å². The van der Waals surface area contributed by atoms with Gasteiger partial charge < -0.3 is 5.11 Å². The van der Waals surface area contributed by atoms with E-state index in [2.05, 4.69) is 15.9 Å². The lowest BCUT2D eigenvalue weighted by atomic mass is 10.2. The second kappa shape index (κ2) is 4.47. The van der Waals surface area contributed by atoms with Crippen LogP contribution in [0.3, 0.4) is 0 Å². The van der Waals surface area contributed by atoms with Crippen LogP contribution in [0.15, 0.2) is 27.6 Å². The van der Waals surface area contributed by atoms with Crippen LogP contribution in [0.5, 0.6) is 0 Å². The molecule has 0 amide bonds. The molecular formula is C11H15BrO3S. The maximum Gasteiger partial charge on any atom is 0.207 e. The van der Waals surface area contributed by atoms with Crippen molar-refractivity contribution in [2.24, 2.45) is 0 Å². The molecule has 0 saturated heterocycles. The van der Waals surface area contributed by atoms with E-state index in [1.165, 1.54) is 19.1 Å². The summed E-state index contributed by atoms with van der Waals surface area (Å²) in [6.45, 7) is 4.83. The average molecular weight is 307 g/mol. The summed E-state index contributed by atoms with van der Waals surface area (Å²) in [5.41, 5.74) is 0.954. The minimum absolute atomic E-state index is 0.136. The van der Waals surface area contributed by atoms with E-state index < -0.39 is 14.8 Å². The fourth-order valence-corrected chi connectivity index (χ4v) is 3.12. The first kappa shape index (κ1) is 13.7. The molecule has 0 heterocycles. The third kappa shape index (κ3) is 2.31. The number of halogens is 1. The van der Waals surface area contributed by atoms with E-state index >= 15 is 0 Å². The van der Waals surface area contributed by atoms with Crippen molar-refractivity contribution in [3.63, 3.8) is 0 Å². The molecule has 0 aliphatic rings.